The van der Waals surface area contributed by atoms with Crippen LogP contribution >= 0.6 is 0 Å². The number of nitrogens with one attached hydrogen (secondary N) is 2. The number of methoxy groups -OCH3 is 2. The SMILES string of the molecule is COc1cc(N)c(NC2CCCNC2=O)cc1OC. The minimum absolute atomic E-state index is 0.000403. The van der Waals surface area contributed by atoms with Crippen molar-refractivity contribution < 1.29 is 14.3 Å². The number of anilines is 2. The van der Waals surface area contributed by atoms with E-state index in [0.29, 0.717) is 22.9 Å². The number of ether oxygens (including phenoxy) is 2. The molecule has 0 spiro atoms. The number of hydrogen-bond donors (Lipinski definition) is 3. The molecule has 1 aromatic rings. The number of carbonyl (C=O) groups excluding carboxylic acids is 1. The molecule has 6 heteroatoms. The predicted molar refractivity (Wildman–Crippen MR) is 73.6 cm³/mol. The molecule has 1 saturated heterocycles. The van der Waals surface area contributed by atoms with Crippen LogP contribution in [-0.4, -0.2) is 32.7 Å². The molecular weight excluding hydrogens is 246 g/mol. The van der Waals surface area contributed by atoms with E-state index in [2.05, 4.69) is 10.6 Å². The third kappa shape index (κ3) is 2.83. The summed E-state index contributed by atoms with van der Waals surface area (Å²) < 4.78 is 10.4. The van der Waals surface area contributed by atoms with Crippen LogP contribution in [0, 0.1) is 0 Å². The van der Waals surface area contributed by atoms with E-state index in [4.69, 9.17) is 15.2 Å². The zero-order valence-corrected chi connectivity index (χ0v) is 11.2. The number of carbonyl (C=O) groups is 1. The van der Waals surface area contributed by atoms with Crippen molar-refractivity contribution in [3.63, 3.8) is 0 Å². The normalized spacial score (nSPS) is 18.6. The van der Waals surface area contributed by atoms with Crippen molar-refractivity contribution in [1.82, 2.24) is 5.32 Å². The Labute approximate surface area is 112 Å². The topological polar surface area (TPSA) is 85.6 Å². The molecule has 1 aliphatic rings. The van der Waals surface area contributed by atoms with Crippen molar-refractivity contribution in [1.29, 1.82) is 0 Å². The van der Waals surface area contributed by atoms with Crippen LogP contribution in [0.4, 0.5) is 11.4 Å². The summed E-state index contributed by atoms with van der Waals surface area (Å²) in [5.74, 6) is 1.15. The van der Waals surface area contributed by atoms with Crippen molar-refractivity contribution >= 4 is 17.3 Å². The van der Waals surface area contributed by atoms with Gasteiger partial charge in [-0.15, -0.1) is 0 Å². The van der Waals surface area contributed by atoms with E-state index in [0.717, 1.165) is 19.4 Å². The monoisotopic (exact) mass is 265 g/mol. The highest BCUT2D eigenvalue weighted by molar-refractivity contribution is 5.87. The average Bonchev–Trinajstić information content (AvgIpc) is 2.42. The highest BCUT2D eigenvalue weighted by atomic mass is 16.5. The average molecular weight is 265 g/mol. The second-order valence-electron chi connectivity index (χ2n) is 4.42. The van der Waals surface area contributed by atoms with Crippen LogP contribution in [0.25, 0.3) is 0 Å². The zero-order chi connectivity index (χ0) is 13.8. The van der Waals surface area contributed by atoms with Crippen molar-refractivity contribution in [2.24, 2.45) is 0 Å². The smallest absolute Gasteiger partial charge is 0.242 e. The van der Waals surface area contributed by atoms with Gasteiger partial charge >= 0.3 is 0 Å². The Morgan fingerprint density at radius 1 is 1.32 bits per heavy atom. The van der Waals surface area contributed by atoms with Gasteiger partial charge in [0.1, 0.15) is 6.04 Å². The summed E-state index contributed by atoms with van der Waals surface area (Å²) in [6.07, 6.45) is 1.75. The molecule has 19 heavy (non-hydrogen) atoms. The summed E-state index contributed by atoms with van der Waals surface area (Å²) in [7, 11) is 3.12. The number of nitrogen functional groups attached to an aromatic ring is 1. The molecule has 0 bridgehead atoms. The lowest BCUT2D eigenvalue weighted by Crippen LogP contribution is -2.44. The number of rotatable bonds is 4. The summed E-state index contributed by atoms with van der Waals surface area (Å²) in [4.78, 5) is 11.7. The molecule has 1 atom stereocenters. The van der Waals surface area contributed by atoms with Crippen molar-refractivity contribution in [3.05, 3.63) is 12.1 Å². The molecule has 1 aromatic carbocycles. The lowest BCUT2D eigenvalue weighted by Gasteiger charge is -2.24. The second-order valence-corrected chi connectivity index (χ2v) is 4.42. The van der Waals surface area contributed by atoms with Gasteiger partial charge in [-0.25, -0.2) is 0 Å². The Balaban J connectivity index is 2.22. The Hall–Kier alpha value is -2.11. The summed E-state index contributed by atoms with van der Waals surface area (Å²) in [5.41, 5.74) is 7.16. The minimum Gasteiger partial charge on any atom is -0.493 e. The third-order valence-electron chi connectivity index (χ3n) is 3.17. The van der Waals surface area contributed by atoms with Gasteiger partial charge in [0.05, 0.1) is 25.6 Å². The molecule has 0 radical (unpaired) electrons. The first-order valence-electron chi connectivity index (χ1n) is 6.21. The minimum atomic E-state index is -0.255. The maximum atomic E-state index is 11.7. The lowest BCUT2D eigenvalue weighted by atomic mass is 10.1. The van der Waals surface area contributed by atoms with E-state index in [1.807, 2.05) is 0 Å². The quantitative estimate of drug-likeness (QED) is 0.706. The molecule has 0 aliphatic carbocycles. The van der Waals surface area contributed by atoms with E-state index in [1.54, 1.807) is 26.4 Å². The van der Waals surface area contributed by atoms with Crippen LogP contribution < -0.4 is 25.8 Å². The van der Waals surface area contributed by atoms with E-state index in [9.17, 15) is 4.79 Å². The summed E-state index contributed by atoms with van der Waals surface area (Å²) in [6.45, 7) is 0.735. The molecule has 1 unspecified atom stereocenters. The van der Waals surface area contributed by atoms with Gasteiger partial charge in [-0.3, -0.25) is 4.79 Å². The fourth-order valence-corrected chi connectivity index (χ4v) is 2.12. The Morgan fingerprint density at radius 3 is 2.63 bits per heavy atom. The number of piperidine rings is 1. The van der Waals surface area contributed by atoms with Crippen LogP contribution in [0.1, 0.15) is 12.8 Å². The van der Waals surface area contributed by atoms with Crippen LogP contribution in [-0.2, 0) is 4.79 Å². The maximum absolute atomic E-state index is 11.7. The first-order chi connectivity index (χ1) is 9.15. The Kier molecular flexibility index (Phi) is 3.99. The Morgan fingerprint density at radius 2 is 2.00 bits per heavy atom. The number of nitrogens with two attached hydrogens (primary N) is 1. The molecule has 1 amide bonds. The molecule has 6 nitrogen and oxygen atoms in total. The molecule has 4 N–H and O–H groups in total. The lowest BCUT2D eigenvalue weighted by molar-refractivity contribution is -0.123. The predicted octanol–water partition coefficient (Wildman–Crippen LogP) is 0.976. The van der Waals surface area contributed by atoms with Gasteiger partial charge < -0.3 is 25.8 Å². The van der Waals surface area contributed by atoms with Gasteiger partial charge in [-0.1, -0.05) is 0 Å². The van der Waals surface area contributed by atoms with Gasteiger partial charge in [0.15, 0.2) is 11.5 Å². The number of amides is 1. The molecule has 1 aliphatic heterocycles. The number of hydrogen-bond acceptors (Lipinski definition) is 5. The van der Waals surface area contributed by atoms with Gasteiger partial charge in [0.2, 0.25) is 5.91 Å². The molecule has 0 saturated carbocycles. The van der Waals surface area contributed by atoms with E-state index >= 15 is 0 Å². The fraction of sp³-hybridized carbons (Fsp3) is 0.462. The molecular formula is C13H19N3O3. The van der Waals surface area contributed by atoms with Crippen molar-refractivity contribution in [2.45, 2.75) is 18.9 Å². The summed E-state index contributed by atoms with van der Waals surface area (Å²) in [6, 6.07) is 3.17. The molecule has 104 valence electrons. The van der Waals surface area contributed by atoms with Crippen molar-refractivity contribution in [3.8, 4) is 11.5 Å². The summed E-state index contributed by atoms with van der Waals surface area (Å²) >= 11 is 0. The molecule has 1 fully saturated rings. The number of benzene rings is 1. The van der Waals surface area contributed by atoms with E-state index in [-0.39, 0.29) is 11.9 Å². The standard InChI is InChI=1S/C13H19N3O3/c1-18-11-6-8(14)10(7-12(11)19-2)16-9-4-3-5-15-13(9)17/h6-7,9,16H,3-5,14H2,1-2H3,(H,15,17). The highest BCUT2D eigenvalue weighted by Gasteiger charge is 2.22. The molecule has 2 rings (SSSR count). The third-order valence-corrected chi connectivity index (χ3v) is 3.17. The van der Waals surface area contributed by atoms with Crippen LogP contribution in [0.15, 0.2) is 12.1 Å². The van der Waals surface area contributed by atoms with Crippen molar-refractivity contribution in [2.75, 3.05) is 31.8 Å². The van der Waals surface area contributed by atoms with Gasteiger partial charge in [0.25, 0.3) is 0 Å². The first-order valence-corrected chi connectivity index (χ1v) is 6.21. The largest absolute Gasteiger partial charge is 0.493 e. The highest BCUT2D eigenvalue weighted by Crippen LogP contribution is 2.35. The summed E-state index contributed by atoms with van der Waals surface area (Å²) in [5, 5.41) is 5.98. The maximum Gasteiger partial charge on any atom is 0.242 e. The Bertz CT molecular complexity index is 476. The molecule has 1 heterocycles. The second kappa shape index (κ2) is 5.69. The van der Waals surface area contributed by atoms with Crippen LogP contribution in [0.2, 0.25) is 0 Å². The first kappa shape index (κ1) is 13.3. The molecule has 0 aromatic heterocycles. The van der Waals surface area contributed by atoms with Crippen LogP contribution in [0.5, 0.6) is 11.5 Å². The van der Waals surface area contributed by atoms with Crippen LogP contribution in [0.3, 0.4) is 0 Å². The van der Waals surface area contributed by atoms with Gasteiger partial charge in [-0.2, -0.15) is 0 Å². The fourth-order valence-electron chi connectivity index (χ4n) is 2.12. The van der Waals surface area contributed by atoms with Gasteiger partial charge in [0, 0.05) is 18.7 Å². The zero-order valence-electron chi connectivity index (χ0n) is 11.2. The van der Waals surface area contributed by atoms with Gasteiger partial charge in [-0.05, 0) is 12.8 Å². The van der Waals surface area contributed by atoms with E-state index < -0.39 is 0 Å². The van der Waals surface area contributed by atoms with E-state index in [1.165, 1.54) is 0 Å².